The van der Waals surface area contributed by atoms with Gasteiger partial charge in [-0.15, -0.1) is 0 Å². The van der Waals surface area contributed by atoms with Crippen molar-refractivity contribution in [1.29, 1.82) is 0 Å². The number of aliphatic imine (C=N–C) groups is 1. The van der Waals surface area contributed by atoms with Crippen LogP contribution in [0, 0.1) is 0 Å². The molecule has 1 aromatic rings. The molecule has 6 nitrogen and oxygen atoms in total. The first-order chi connectivity index (χ1) is 11.1. The number of Topliss-reactive ketones (excluding diaryl/α,β-unsaturated/α-hetero) is 1. The van der Waals surface area contributed by atoms with E-state index in [0.29, 0.717) is 37.1 Å². The molecular formula is C17H16N2O4. The number of carbonyl (C=O) groups is 1. The van der Waals surface area contributed by atoms with Crippen molar-refractivity contribution in [1.82, 2.24) is 5.32 Å². The highest BCUT2D eigenvalue weighted by atomic mass is 16.5. The highest BCUT2D eigenvalue weighted by molar-refractivity contribution is 5.90. The molecule has 4 aliphatic rings. The van der Waals surface area contributed by atoms with Crippen LogP contribution in [-0.4, -0.2) is 41.3 Å². The molecule has 5 rings (SSSR count). The molecule has 0 aromatic heterocycles. The van der Waals surface area contributed by atoms with Crippen molar-refractivity contribution in [3.8, 4) is 5.75 Å². The van der Waals surface area contributed by atoms with Crippen LogP contribution in [0.15, 0.2) is 17.1 Å². The first kappa shape index (κ1) is 13.4. The fourth-order valence-electron chi connectivity index (χ4n) is 5.36. The Morgan fingerprint density at radius 3 is 3.09 bits per heavy atom. The van der Waals surface area contributed by atoms with E-state index in [-0.39, 0.29) is 11.8 Å². The normalized spacial score (nSPS) is 39.3. The highest BCUT2D eigenvalue weighted by Crippen LogP contribution is 2.63. The number of rotatable bonds is 1. The Kier molecular flexibility index (Phi) is 2.39. The zero-order valence-corrected chi connectivity index (χ0v) is 12.5. The smallest absolute Gasteiger partial charge is 0.240 e. The third-order valence-electron chi connectivity index (χ3n) is 6.25. The zero-order valence-electron chi connectivity index (χ0n) is 12.5. The molecule has 2 fully saturated rings. The van der Waals surface area contributed by atoms with Gasteiger partial charge in [-0.05, 0) is 37.4 Å². The highest BCUT2D eigenvalue weighted by Gasteiger charge is 2.71. The van der Waals surface area contributed by atoms with E-state index in [4.69, 9.17) is 4.74 Å². The number of nitrogens with one attached hydrogen (secondary N) is 1. The SMILES string of the molecule is O=C=Nc1ccc2c3c1O[C@H]1C(=O)CC[C@@]4(O)[C@@H](C2)NCC[C@]314. The molecule has 6 heteroatoms. The summed E-state index contributed by atoms with van der Waals surface area (Å²) in [5.74, 6) is 0.519. The van der Waals surface area contributed by atoms with Crippen LogP contribution in [0.1, 0.15) is 30.4 Å². The molecule has 1 spiro atoms. The van der Waals surface area contributed by atoms with Gasteiger partial charge in [0.1, 0.15) is 5.69 Å². The van der Waals surface area contributed by atoms with Gasteiger partial charge in [-0.1, -0.05) is 6.07 Å². The van der Waals surface area contributed by atoms with Gasteiger partial charge < -0.3 is 15.2 Å². The maximum absolute atomic E-state index is 12.6. The number of isocyanates is 1. The second-order valence-electron chi connectivity index (χ2n) is 6.97. The van der Waals surface area contributed by atoms with Gasteiger partial charge in [-0.25, -0.2) is 4.79 Å². The van der Waals surface area contributed by atoms with E-state index < -0.39 is 17.1 Å². The van der Waals surface area contributed by atoms with Gasteiger partial charge in [0.2, 0.25) is 6.08 Å². The first-order valence-electron chi connectivity index (χ1n) is 8.01. The van der Waals surface area contributed by atoms with Crippen molar-refractivity contribution in [2.24, 2.45) is 4.99 Å². The average molecular weight is 312 g/mol. The first-order valence-corrected chi connectivity index (χ1v) is 8.01. The van der Waals surface area contributed by atoms with Crippen LogP contribution in [0.25, 0.3) is 0 Å². The van der Waals surface area contributed by atoms with Crippen LogP contribution in [0.4, 0.5) is 5.69 Å². The van der Waals surface area contributed by atoms with Gasteiger partial charge in [0.15, 0.2) is 17.6 Å². The predicted molar refractivity (Wildman–Crippen MR) is 79.6 cm³/mol. The Balaban J connectivity index is 1.87. The van der Waals surface area contributed by atoms with Crippen molar-refractivity contribution in [3.05, 3.63) is 23.3 Å². The van der Waals surface area contributed by atoms with Crippen LogP contribution in [-0.2, 0) is 21.4 Å². The summed E-state index contributed by atoms with van der Waals surface area (Å²) in [4.78, 5) is 27.0. The third kappa shape index (κ3) is 1.32. The van der Waals surface area contributed by atoms with Gasteiger partial charge in [0.25, 0.3) is 0 Å². The van der Waals surface area contributed by atoms with E-state index >= 15 is 0 Å². The minimum Gasteiger partial charge on any atom is -0.479 e. The molecule has 23 heavy (non-hydrogen) atoms. The summed E-state index contributed by atoms with van der Waals surface area (Å²) in [5.41, 5.74) is 0.659. The number of benzene rings is 1. The molecule has 0 unspecified atom stereocenters. The van der Waals surface area contributed by atoms with Crippen molar-refractivity contribution in [2.45, 2.75) is 48.8 Å². The minimum atomic E-state index is -0.994. The lowest BCUT2D eigenvalue weighted by molar-refractivity contribution is -0.166. The number of carbonyl (C=O) groups excluding carboxylic acids is 2. The minimum absolute atomic E-state index is 0.0282. The number of nitrogens with zero attached hydrogens (tertiary/aromatic N) is 1. The Bertz CT molecular complexity index is 800. The van der Waals surface area contributed by atoms with E-state index in [0.717, 1.165) is 17.7 Å². The Labute approximate surface area is 132 Å². The predicted octanol–water partition coefficient (Wildman–Crippen LogP) is 0.665. The molecule has 2 bridgehead atoms. The van der Waals surface area contributed by atoms with Crippen LogP contribution < -0.4 is 10.1 Å². The summed E-state index contributed by atoms with van der Waals surface area (Å²) < 4.78 is 6.03. The van der Waals surface area contributed by atoms with Crippen LogP contribution in [0.5, 0.6) is 5.75 Å². The van der Waals surface area contributed by atoms with E-state index in [1.165, 1.54) is 0 Å². The second kappa shape index (κ2) is 4.09. The maximum Gasteiger partial charge on any atom is 0.240 e. The molecule has 118 valence electrons. The summed E-state index contributed by atoms with van der Waals surface area (Å²) in [7, 11) is 0. The monoisotopic (exact) mass is 312 g/mol. The fraction of sp³-hybridized carbons (Fsp3) is 0.529. The topological polar surface area (TPSA) is 88.0 Å². The van der Waals surface area contributed by atoms with E-state index in [2.05, 4.69) is 10.3 Å². The van der Waals surface area contributed by atoms with Crippen LogP contribution in [0.2, 0.25) is 0 Å². The Hall–Kier alpha value is -2.01. The van der Waals surface area contributed by atoms with E-state index in [1.54, 1.807) is 12.1 Å². The van der Waals surface area contributed by atoms with Gasteiger partial charge in [0.05, 0.1) is 11.0 Å². The summed E-state index contributed by atoms with van der Waals surface area (Å²) >= 11 is 0. The lowest BCUT2D eigenvalue weighted by atomic mass is 9.49. The largest absolute Gasteiger partial charge is 0.479 e. The summed E-state index contributed by atoms with van der Waals surface area (Å²) in [6, 6.07) is 3.59. The number of ether oxygens (including phenoxy) is 1. The van der Waals surface area contributed by atoms with Gasteiger partial charge >= 0.3 is 0 Å². The van der Waals surface area contributed by atoms with Gasteiger partial charge in [0, 0.05) is 18.0 Å². The number of hydrogen-bond donors (Lipinski definition) is 2. The van der Waals surface area contributed by atoms with Crippen molar-refractivity contribution in [3.63, 3.8) is 0 Å². The molecule has 4 atom stereocenters. The summed E-state index contributed by atoms with van der Waals surface area (Å²) in [6.07, 6.45) is 2.97. The molecule has 0 amide bonds. The van der Waals surface area contributed by atoms with Crippen molar-refractivity contribution >= 4 is 17.6 Å². The van der Waals surface area contributed by atoms with Crippen LogP contribution in [0.3, 0.4) is 0 Å². The third-order valence-corrected chi connectivity index (χ3v) is 6.25. The lowest BCUT2D eigenvalue weighted by Gasteiger charge is -2.59. The molecule has 0 radical (unpaired) electrons. The molecular weight excluding hydrogens is 296 g/mol. The maximum atomic E-state index is 12.6. The van der Waals surface area contributed by atoms with E-state index in [1.807, 2.05) is 6.07 Å². The van der Waals surface area contributed by atoms with Crippen molar-refractivity contribution in [2.75, 3.05) is 6.54 Å². The second-order valence-corrected chi connectivity index (χ2v) is 6.97. The molecule has 1 saturated heterocycles. The molecule has 1 aromatic carbocycles. The molecule has 1 saturated carbocycles. The Morgan fingerprint density at radius 1 is 1.39 bits per heavy atom. The number of ketones is 1. The molecule has 2 heterocycles. The number of aliphatic hydroxyl groups is 1. The lowest BCUT2D eigenvalue weighted by Crippen LogP contribution is -2.76. The van der Waals surface area contributed by atoms with E-state index in [9.17, 15) is 14.7 Å². The average Bonchev–Trinajstić information content (AvgIpc) is 2.87. The summed E-state index contributed by atoms with van der Waals surface area (Å²) in [6.45, 7) is 0.736. The van der Waals surface area contributed by atoms with Crippen molar-refractivity contribution < 1.29 is 19.4 Å². The zero-order chi connectivity index (χ0) is 15.8. The molecule has 2 aliphatic heterocycles. The standard InChI is InChI=1S/C17H16N2O4/c20-8-19-10-2-1-9-7-12-17(22)4-3-11(21)15-16(17,5-6-18-12)13(9)14(10)23-15/h1-2,12,15,18,22H,3-7H2/t12-,15+,16+,17-/m1/s1. The van der Waals surface area contributed by atoms with Gasteiger partial charge in [-0.3, -0.25) is 4.79 Å². The number of piperidine rings is 1. The molecule has 2 aliphatic carbocycles. The number of hydrogen-bond acceptors (Lipinski definition) is 6. The quantitative estimate of drug-likeness (QED) is 0.588. The Morgan fingerprint density at radius 2 is 2.26 bits per heavy atom. The fourth-order valence-corrected chi connectivity index (χ4v) is 5.36. The van der Waals surface area contributed by atoms with Gasteiger partial charge in [-0.2, -0.15) is 4.99 Å². The van der Waals surface area contributed by atoms with Crippen LogP contribution >= 0.6 is 0 Å². The summed E-state index contributed by atoms with van der Waals surface area (Å²) in [5, 5.41) is 15.0. The molecule has 2 N–H and O–H groups in total.